The Balaban J connectivity index is 2.24. The number of nitrogens with one attached hydrogen (secondary N) is 1. The van der Waals surface area contributed by atoms with E-state index in [2.05, 4.69) is 4.72 Å². The Labute approximate surface area is 132 Å². The molecule has 2 unspecified atom stereocenters. The number of nitrogens with two attached hydrogens (primary N) is 1. The van der Waals surface area contributed by atoms with Crippen molar-refractivity contribution in [2.75, 3.05) is 0 Å². The molecular formula is C15H23ClN2O2S. The summed E-state index contributed by atoms with van der Waals surface area (Å²) in [6, 6.07) is 5.15. The average molecular weight is 331 g/mol. The molecule has 0 amide bonds. The molecule has 1 aliphatic rings. The van der Waals surface area contributed by atoms with Gasteiger partial charge in [0.15, 0.2) is 0 Å². The van der Waals surface area contributed by atoms with Crippen LogP contribution in [-0.2, 0) is 10.0 Å². The van der Waals surface area contributed by atoms with Crippen molar-refractivity contribution in [1.29, 1.82) is 0 Å². The van der Waals surface area contributed by atoms with Gasteiger partial charge in [0.2, 0.25) is 10.0 Å². The molecule has 3 N–H and O–H groups in total. The number of hydrogen-bond donors (Lipinski definition) is 2. The maximum atomic E-state index is 12.6. The molecule has 4 nitrogen and oxygen atoms in total. The lowest BCUT2D eigenvalue weighted by atomic mass is 9.92. The summed E-state index contributed by atoms with van der Waals surface area (Å²) in [4.78, 5) is 0.162. The third kappa shape index (κ3) is 4.19. The maximum absolute atomic E-state index is 12.6. The number of benzene rings is 1. The van der Waals surface area contributed by atoms with Crippen LogP contribution in [0.4, 0.5) is 0 Å². The number of sulfonamides is 1. The van der Waals surface area contributed by atoms with Gasteiger partial charge in [-0.25, -0.2) is 13.1 Å². The molecule has 0 aromatic heterocycles. The molecule has 0 bridgehead atoms. The predicted octanol–water partition coefficient (Wildman–Crippen LogP) is 3.01. The summed E-state index contributed by atoms with van der Waals surface area (Å²) < 4.78 is 27.9. The minimum atomic E-state index is -3.61. The molecule has 0 spiro atoms. The van der Waals surface area contributed by atoms with E-state index in [1.165, 1.54) is 0 Å². The van der Waals surface area contributed by atoms with Crippen molar-refractivity contribution in [3.8, 4) is 0 Å². The van der Waals surface area contributed by atoms with Crippen molar-refractivity contribution in [1.82, 2.24) is 4.72 Å². The van der Waals surface area contributed by atoms with Gasteiger partial charge in [0.25, 0.3) is 0 Å². The first-order chi connectivity index (χ1) is 9.79. The minimum absolute atomic E-state index is 0.0731. The molecule has 0 saturated heterocycles. The summed E-state index contributed by atoms with van der Waals surface area (Å²) in [7, 11) is -3.61. The summed E-state index contributed by atoms with van der Waals surface area (Å²) in [6.07, 6.45) is 3.42. The molecule has 2 rings (SSSR count). The van der Waals surface area contributed by atoms with Crippen molar-refractivity contribution < 1.29 is 8.42 Å². The predicted molar refractivity (Wildman–Crippen MR) is 86.1 cm³/mol. The summed E-state index contributed by atoms with van der Waals surface area (Å²) in [5.41, 5.74) is 6.87. The first kappa shape index (κ1) is 16.7. The molecule has 1 aromatic carbocycles. The molecule has 2 atom stereocenters. The molecule has 1 saturated carbocycles. The van der Waals surface area contributed by atoms with Crippen molar-refractivity contribution in [2.24, 2.45) is 5.73 Å². The number of hydrogen-bond acceptors (Lipinski definition) is 3. The van der Waals surface area contributed by atoms with E-state index in [0.29, 0.717) is 6.42 Å². The van der Waals surface area contributed by atoms with Crippen molar-refractivity contribution >= 4 is 21.6 Å². The minimum Gasteiger partial charge on any atom is -0.328 e. The zero-order valence-electron chi connectivity index (χ0n) is 12.5. The largest absolute Gasteiger partial charge is 0.328 e. The van der Waals surface area contributed by atoms with E-state index in [0.717, 1.165) is 24.8 Å². The Morgan fingerprint density at radius 1 is 1.33 bits per heavy atom. The molecule has 1 fully saturated rings. The van der Waals surface area contributed by atoms with Gasteiger partial charge in [0.1, 0.15) is 4.90 Å². The second kappa shape index (κ2) is 6.65. The van der Waals surface area contributed by atoms with Gasteiger partial charge in [-0.2, -0.15) is 0 Å². The smallest absolute Gasteiger partial charge is 0.242 e. The molecule has 21 heavy (non-hydrogen) atoms. The molecule has 0 aliphatic heterocycles. The highest BCUT2D eigenvalue weighted by molar-refractivity contribution is 7.89. The van der Waals surface area contributed by atoms with E-state index < -0.39 is 10.0 Å². The lowest BCUT2D eigenvalue weighted by molar-refractivity contribution is 0.371. The van der Waals surface area contributed by atoms with Crippen LogP contribution in [0.1, 0.15) is 51.0 Å². The SMILES string of the molecule is CC(C)c1ccc(Cl)c(S(=O)(=O)NC2CCCC(N)C2)c1. The first-order valence-electron chi connectivity index (χ1n) is 7.37. The van der Waals surface area contributed by atoms with Crippen LogP contribution >= 0.6 is 11.6 Å². The van der Waals surface area contributed by atoms with Gasteiger partial charge < -0.3 is 5.73 Å². The van der Waals surface area contributed by atoms with Gasteiger partial charge in [0, 0.05) is 12.1 Å². The normalized spacial score (nSPS) is 23.5. The van der Waals surface area contributed by atoms with Gasteiger partial charge in [-0.15, -0.1) is 0 Å². The fraction of sp³-hybridized carbons (Fsp3) is 0.600. The second-order valence-corrected chi connectivity index (χ2v) is 8.18. The third-order valence-corrected chi connectivity index (χ3v) is 5.95. The molecule has 6 heteroatoms. The van der Waals surface area contributed by atoms with Crippen LogP contribution in [0.25, 0.3) is 0 Å². The van der Waals surface area contributed by atoms with Gasteiger partial charge in [0.05, 0.1) is 5.02 Å². The quantitative estimate of drug-likeness (QED) is 0.891. The van der Waals surface area contributed by atoms with Crippen LogP contribution in [0, 0.1) is 0 Å². The van der Waals surface area contributed by atoms with Gasteiger partial charge in [-0.05, 0) is 42.9 Å². The lowest BCUT2D eigenvalue weighted by Crippen LogP contribution is -2.42. The Morgan fingerprint density at radius 3 is 2.67 bits per heavy atom. The highest BCUT2D eigenvalue weighted by atomic mass is 35.5. The van der Waals surface area contributed by atoms with Crippen molar-refractivity contribution in [2.45, 2.75) is 62.4 Å². The zero-order valence-corrected chi connectivity index (χ0v) is 14.0. The van der Waals surface area contributed by atoms with Crippen LogP contribution in [0.3, 0.4) is 0 Å². The molecule has 0 radical (unpaired) electrons. The number of rotatable bonds is 4. The molecule has 1 aromatic rings. The highest BCUT2D eigenvalue weighted by Gasteiger charge is 2.26. The van der Waals surface area contributed by atoms with Gasteiger partial charge in [-0.3, -0.25) is 0 Å². The second-order valence-electron chi connectivity index (χ2n) is 6.09. The van der Waals surface area contributed by atoms with Gasteiger partial charge >= 0.3 is 0 Å². The molecular weight excluding hydrogens is 308 g/mol. The Kier molecular flexibility index (Phi) is 5.30. The summed E-state index contributed by atoms with van der Waals surface area (Å²) in [6.45, 7) is 4.04. The standard InChI is InChI=1S/C15H23ClN2O2S/c1-10(2)11-6-7-14(16)15(8-11)21(19,20)18-13-5-3-4-12(17)9-13/h6-8,10,12-13,18H,3-5,9,17H2,1-2H3. The van der Waals surface area contributed by atoms with Crippen LogP contribution in [0.5, 0.6) is 0 Å². The zero-order chi connectivity index (χ0) is 15.6. The van der Waals surface area contributed by atoms with E-state index in [-0.39, 0.29) is 27.9 Å². The Bertz CT molecular complexity index is 602. The fourth-order valence-electron chi connectivity index (χ4n) is 2.70. The van der Waals surface area contributed by atoms with Crippen molar-refractivity contribution in [3.63, 3.8) is 0 Å². The van der Waals surface area contributed by atoms with Crippen LogP contribution in [-0.4, -0.2) is 20.5 Å². The van der Waals surface area contributed by atoms with Crippen molar-refractivity contribution in [3.05, 3.63) is 28.8 Å². The Morgan fingerprint density at radius 2 is 2.05 bits per heavy atom. The number of halogens is 1. The van der Waals surface area contributed by atoms with E-state index in [9.17, 15) is 8.42 Å². The van der Waals surface area contributed by atoms with E-state index in [1.807, 2.05) is 19.9 Å². The van der Waals surface area contributed by atoms with E-state index >= 15 is 0 Å². The van der Waals surface area contributed by atoms with Gasteiger partial charge in [-0.1, -0.05) is 37.9 Å². The first-order valence-corrected chi connectivity index (χ1v) is 9.23. The monoisotopic (exact) mass is 330 g/mol. The topological polar surface area (TPSA) is 72.2 Å². The summed E-state index contributed by atoms with van der Waals surface area (Å²) >= 11 is 6.09. The van der Waals surface area contributed by atoms with E-state index in [1.54, 1.807) is 12.1 Å². The van der Waals surface area contributed by atoms with E-state index in [4.69, 9.17) is 17.3 Å². The Hall–Kier alpha value is -0.620. The fourth-order valence-corrected chi connectivity index (χ4v) is 4.52. The summed E-state index contributed by atoms with van der Waals surface area (Å²) in [5, 5.41) is 0.256. The highest BCUT2D eigenvalue weighted by Crippen LogP contribution is 2.27. The van der Waals surface area contributed by atoms with Crippen LogP contribution < -0.4 is 10.5 Å². The summed E-state index contributed by atoms with van der Waals surface area (Å²) in [5.74, 6) is 0.249. The molecule has 1 aliphatic carbocycles. The maximum Gasteiger partial charge on any atom is 0.242 e. The third-order valence-electron chi connectivity index (χ3n) is 3.95. The molecule has 0 heterocycles. The van der Waals surface area contributed by atoms with Crippen LogP contribution in [0.15, 0.2) is 23.1 Å². The average Bonchev–Trinajstić information content (AvgIpc) is 2.38. The molecule has 118 valence electrons. The lowest BCUT2D eigenvalue weighted by Gasteiger charge is -2.27. The van der Waals surface area contributed by atoms with Crippen LogP contribution in [0.2, 0.25) is 5.02 Å².